The molecule has 0 aliphatic heterocycles. The van der Waals surface area contributed by atoms with Crippen molar-refractivity contribution in [3.05, 3.63) is 36.0 Å². The third kappa shape index (κ3) is 4.25. The minimum absolute atomic E-state index is 0. The van der Waals surface area contributed by atoms with Crippen LogP contribution < -0.4 is 11.1 Å². The minimum atomic E-state index is -0.443. The van der Waals surface area contributed by atoms with E-state index in [1.54, 1.807) is 26.0 Å². The maximum Gasteiger partial charge on any atom is 0.249 e. The third-order valence-corrected chi connectivity index (χ3v) is 3.05. The van der Waals surface area contributed by atoms with Crippen LogP contribution in [0.4, 0.5) is 4.39 Å². The van der Waals surface area contributed by atoms with Crippen molar-refractivity contribution in [2.45, 2.75) is 19.9 Å². The molecule has 8 heteroatoms. The summed E-state index contributed by atoms with van der Waals surface area (Å²) in [5.41, 5.74) is 5.95. The SMILES string of the molecule is CC(CN)C(=O)NC(C)c1nc(-c2cccc(F)c2)no1.Cl. The van der Waals surface area contributed by atoms with Gasteiger partial charge in [-0.2, -0.15) is 4.98 Å². The smallest absolute Gasteiger partial charge is 0.249 e. The molecule has 3 N–H and O–H groups in total. The Hall–Kier alpha value is -1.99. The van der Waals surface area contributed by atoms with Crippen LogP contribution in [0.2, 0.25) is 0 Å². The molecule has 2 unspecified atom stereocenters. The molecule has 1 aromatic heterocycles. The summed E-state index contributed by atoms with van der Waals surface area (Å²) in [7, 11) is 0. The Labute approximate surface area is 133 Å². The summed E-state index contributed by atoms with van der Waals surface area (Å²) < 4.78 is 18.3. The lowest BCUT2D eigenvalue weighted by atomic mass is 10.1. The molecule has 1 heterocycles. The lowest BCUT2D eigenvalue weighted by Gasteiger charge is -2.13. The highest BCUT2D eigenvalue weighted by atomic mass is 35.5. The van der Waals surface area contributed by atoms with Gasteiger partial charge in [-0.25, -0.2) is 4.39 Å². The first-order valence-electron chi connectivity index (χ1n) is 6.61. The molecule has 1 amide bonds. The molecule has 2 aromatic rings. The summed E-state index contributed by atoms with van der Waals surface area (Å²) >= 11 is 0. The summed E-state index contributed by atoms with van der Waals surface area (Å²) in [5, 5.41) is 6.53. The number of hydrogen-bond acceptors (Lipinski definition) is 5. The third-order valence-electron chi connectivity index (χ3n) is 3.05. The van der Waals surface area contributed by atoms with Crippen molar-refractivity contribution in [2.75, 3.05) is 6.54 Å². The van der Waals surface area contributed by atoms with E-state index >= 15 is 0 Å². The number of hydrogen-bond donors (Lipinski definition) is 2. The van der Waals surface area contributed by atoms with E-state index in [-0.39, 0.29) is 48.3 Å². The normalized spacial score (nSPS) is 13.1. The van der Waals surface area contributed by atoms with Gasteiger partial charge < -0.3 is 15.6 Å². The monoisotopic (exact) mass is 328 g/mol. The highest BCUT2D eigenvalue weighted by Gasteiger charge is 2.19. The van der Waals surface area contributed by atoms with E-state index in [1.807, 2.05) is 0 Å². The standard InChI is InChI=1S/C14H17FN4O2.ClH/c1-8(7-16)13(20)17-9(2)14-18-12(19-21-14)10-4-3-5-11(15)6-10;/h3-6,8-9H,7,16H2,1-2H3,(H,17,20);1H. The van der Waals surface area contributed by atoms with Crippen molar-refractivity contribution in [1.29, 1.82) is 0 Å². The van der Waals surface area contributed by atoms with Crippen molar-refractivity contribution in [1.82, 2.24) is 15.5 Å². The Balaban J connectivity index is 0.00000242. The predicted octanol–water partition coefficient (Wildman–Crippen LogP) is 2.07. The zero-order valence-electron chi connectivity index (χ0n) is 12.2. The topological polar surface area (TPSA) is 94.0 Å². The number of nitrogens with one attached hydrogen (secondary N) is 1. The van der Waals surface area contributed by atoms with Crippen LogP contribution in [0.5, 0.6) is 0 Å². The number of aromatic nitrogens is 2. The number of nitrogens with two attached hydrogens (primary N) is 1. The van der Waals surface area contributed by atoms with E-state index in [1.165, 1.54) is 12.1 Å². The number of benzene rings is 1. The van der Waals surface area contributed by atoms with Gasteiger partial charge in [0.05, 0.1) is 0 Å². The predicted molar refractivity (Wildman–Crippen MR) is 81.7 cm³/mol. The fourth-order valence-electron chi connectivity index (χ4n) is 1.68. The van der Waals surface area contributed by atoms with Gasteiger partial charge in [-0.3, -0.25) is 4.79 Å². The van der Waals surface area contributed by atoms with Gasteiger partial charge in [-0.1, -0.05) is 24.2 Å². The molecule has 0 fully saturated rings. The molecule has 0 aliphatic carbocycles. The average molecular weight is 329 g/mol. The van der Waals surface area contributed by atoms with Crippen LogP contribution in [0.1, 0.15) is 25.8 Å². The van der Waals surface area contributed by atoms with Crippen LogP contribution in [0.25, 0.3) is 11.4 Å². The first-order valence-corrected chi connectivity index (χ1v) is 6.61. The number of rotatable bonds is 5. The molecule has 2 atom stereocenters. The van der Waals surface area contributed by atoms with Gasteiger partial charge >= 0.3 is 0 Å². The summed E-state index contributed by atoms with van der Waals surface area (Å²) in [4.78, 5) is 15.9. The van der Waals surface area contributed by atoms with Crippen molar-refractivity contribution in [3.8, 4) is 11.4 Å². The van der Waals surface area contributed by atoms with E-state index in [4.69, 9.17) is 10.3 Å². The van der Waals surface area contributed by atoms with E-state index in [0.717, 1.165) is 0 Å². The number of carbonyl (C=O) groups is 1. The fourth-order valence-corrected chi connectivity index (χ4v) is 1.68. The van der Waals surface area contributed by atoms with Crippen LogP contribution in [0.15, 0.2) is 28.8 Å². The van der Waals surface area contributed by atoms with Crippen LogP contribution >= 0.6 is 12.4 Å². The maximum absolute atomic E-state index is 13.2. The summed E-state index contributed by atoms with van der Waals surface area (Å²) in [6.07, 6.45) is 0. The molecule has 120 valence electrons. The first kappa shape index (κ1) is 18.1. The molecule has 0 saturated carbocycles. The lowest BCUT2D eigenvalue weighted by Crippen LogP contribution is -2.35. The highest BCUT2D eigenvalue weighted by molar-refractivity contribution is 5.85. The average Bonchev–Trinajstić information content (AvgIpc) is 2.96. The quantitative estimate of drug-likeness (QED) is 0.876. The molecule has 0 spiro atoms. The summed E-state index contributed by atoms with van der Waals surface area (Å²) in [6.45, 7) is 3.72. The highest BCUT2D eigenvalue weighted by Crippen LogP contribution is 2.19. The molecule has 2 rings (SSSR count). The van der Waals surface area contributed by atoms with Gasteiger partial charge in [0, 0.05) is 18.0 Å². The molecule has 1 aromatic carbocycles. The van der Waals surface area contributed by atoms with Gasteiger partial charge in [0.2, 0.25) is 17.6 Å². The van der Waals surface area contributed by atoms with Crippen molar-refractivity contribution in [2.24, 2.45) is 11.7 Å². The van der Waals surface area contributed by atoms with Gasteiger partial charge in [-0.15, -0.1) is 12.4 Å². The Bertz CT molecular complexity index is 635. The number of halogens is 2. The Morgan fingerprint density at radius 1 is 1.45 bits per heavy atom. The molecular formula is C14H18ClFN4O2. The lowest BCUT2D eigenvalue weighted by molar-refractivity contribution is -0.125. The number of amides is 1. The van der Waals surface area contributed by atoms with Crippen LogP contribution in [-0.4, -0.2) is 22.6 Å². The van der Waals surface area contributed by atoms with Crippen molar-refractivity contribution >= 4 is 18.3 Å². The molecule has 0 aliphatic rings. The van der Waals surface area contributed by atoms with Crippen LogP contribution in [0.3, 0.4) is 0 Å². The van der Waals surface area contributed by atoms with Crippen molar-refractivity contribution in [3.63, 3.8) is 0 Å². The first-order chi connectivity index (χ1) is 10.0. The van der Waals surface area contributed by atoms with Gasteiger partial charge in [-0.05, 0) is 19.1 Å². The Kier molecular flexibility index (Phi) is 6.45. The Morgan fingerprint density at radius 2 is 2.18 bits per heavy atom. The number of nitrogens with zero attached hydrogens (tertiary/aromatic N) is 2. The van der Waals surface area contributed by atoms with Crippen molar-refractivity contribution < 1.29 is 13.7 Å². The second kappa shape index (κ2) is 7.86. The van der Waals surface area contributed by atoms with E-state index < -0.39 is 6.04 Å². The molecule has 0 radical (unpaired) electrons. The second-order valence-corrected chi connectivity index (χ2v) is 4.83. The molecule has 0 saturated heterocycles. The van der Waals surface area contributed by atoms with E-state index in [9.17, 15) is 9.18 Å². The molecule has 22 heavy (non-hydrogen) atoms. The molecule has 0 bridgehead atoms. The summed E-state index contributed by atoms with van der Waals surface area (Å²) in [6, 6.07) is 5.45. The minimum Gasteiger partial charge on any atom is -0.344 e. The van der Waals surface area contributed by atoms with E-state index in [2.05, 4.69) is 15.5 Å². The van der Waals surface area contributed by atoms with E-state index in [0.29, 0.717) is 5.56 Å². The fraction of sp³-hybridized carbons (Fsp3) is 0.357. The Morgan fingerprint density at radius 3 is 2.82 bits per heavy atom. The van der Waals surface area contributed by atoms with Gasteiger partial charge in [0.1, 0.15) is 11.9 Å². The zero-order valence-corrected chi connectivity index (χ0v) is 13.1. The van der Waals surface area contributed by atoms with Gasteiger partial charge in [0.25, 0.3) is 0 Å². The van der Waals surface area contributed by atoms with Gasteiger partial charge in [0.15, 0.2) is 0 Å². The molecular weight excluding hydrogens is 311 g/mol. The second-order valence-electron chi connectivity index (χ2n) is 4.83. The maximum atomic E-state index is 13.2. The number of carbonyl (C=O) groups excluding carboxylic acids is 1. The zero-order chi connectivity index (χ0) is 15.4. The van der Waals surface area contributed by atoms with Crippen LogP contribution in [0, 0.1) is 11.7 Å². The largest absolute Gasteiger partial charge is 0.344 e. The molecule has 6 nitrogen and oxygen atoms in total. The van der Waals surface area contributed by atoms with Crippen LogP contribution in [-0.2, 0) is 4.79 Å². The summed E-state index contributed by atoms with van der Waals surface area (Å²) in [5.74, 6) is -0.324.